The fraction of sp³-hybridized carbons (Fsp3) is 0.0714. The third-order valence-electron chi connectivity index (χ3n) is 2.82. The van der Waals surface area contributed by atoms with Crippen LogP contribution in [0, 0.1) is 0 Å². The topological polar surface area (TPSA) is 42.4 Å². The summed E-state index contributed by atoms with van der Waals surface area (Å²) >= 11 is 1.56. The SMILES string of the molecule is COc1ccc(-c2sc3ccncc3c2O)cc1. The van der Waals surface area contributed by atoms with E-state index in [1.807, 2.05) is 30.3 Å². The third-order valence-corrected chi connectivity index (χ3v) is 4.02. The predicted molar refractivity (Wildman–Crippen MR) is 73.3 cm³/mol. The molecule has 2 aromatic heterocycles. The first-order valence-corrected chi connectivity index (χ1v) is 6.31. The summed E-state index contributed by atoms with van der Waals surface area (Å²) in [5.41, 5.74) is 0.981. The van der Waals surface area contributed by atoms with Gasteiger partial charge in [-0.25, -0.2) is 0 Å². The standard InChI is InChI=1S/C14H11NO2S/c1-17-10-4-2-9(3-5-10)14-13(16)11-8-15-7-6-12(11)18-14/h2-8,16H,1H3. The van der Waals surface area contributed by atoms with Gasteiger partial charge < -0.3 is 9.84 Å². The molecule has 0 aliphatic carbocycles. The first kappa shape index (κ1) is 11.0. The Kier molecular flexibility index (Phi) is 2.64. The molecule has 0 spiro atoms. The smallest absolute Gasteiger partial charge is 0.143 e. The van der Waals surface area contributed by atoms with Gasteiger partial charge in [-0.05, 0) is 35.9 Å². The molecule has 0 radical (unpaired) electrons. The van der Waals surface area contributed by atoms with E-state index in [1.54, 1.807) is 30.8 Å². The van der Waals surface area contributed by atoms with Crippen molar-refractivity contribution in [2.45, 2.75) is 0 Å². The lowest BCUT2D eigenvalue weighted by Crippen LogP contribution is -1.81. The van der Waals surface area contributed by atoms with Gasteiger partial charge in [-0.1, -0.05) is 0 Å². The Morgan fingerprint density at radius 2 is 1.94 bits per heavy atom. The van der Waals surface area contributed by atoms with Crippen molar-refractivity contribution in [3.63, 3.8) is 0 Å². The van der Waals surface area contributed by atoms with Crippen LogP contribution in [0.4, 0.5) is 0 Å². The Morgan fingerprint density at radius 3 is 2.61 bits per heavy atom. The molecular formula is C14H11NO2S. The molecule has 4 heteroatoms. The molecule has 18 heavy (non-hydrogen) atoms. The second-order valence-corrected chi connectivity index (χ2v) is 4.93. The van der Waals surface area contributed by atoms with E-state index in [0.29, 0.717) is 5.75 Å². The van der Waals surface area contributed by atoms with Crippen molar-refractivity contribution in [2.24, 2.45) is 0 Å². The van der Waals surface area contributed by atoms with Crippen LogP contribution < -0.4 is 4.74 Å². The summed E-state index contributed by atoms with van der Waals surface area (Å²) in [6, 6.07) is 9.56. The number of hydrogen-bond donors (Lipinski definition) is 1. The minimum atomic E-state index is 0.299. The molecule has 2 heterocycles. The molecule has 3 nitrogen and oxygen atoms in total. The number of methoxy groups -OCH3 is 1. The quantitative estimate of drug-likeness (QED) is 0.761. The Morgan fingerprint density at radius 1 is 1.17 bits per heavy atom. The van der Waals surface area contributed by atoms with Crippen molar-refractivity contribution in [1.82, 2.24) is 4.98 Å². The zero-order valence-corrected chi connectivity index (χ0v) is 10.6. The summed E-state index contributed by atoms with van der Waals surface area (Å²) in [7, 11) is 1.64. The van der Waals surface area contributed by atoms with E-state index in [2.05, 4.69) is 4.98 Å². The largest absolute Gasteiger partial charge is 0.506 e. The number of aromatic nitrogens is 1. The summed E-state index contributed by atoms with van der Waals surface area (Å²) in [6.07, 6.45) is 3.42. The monoisotopic (exact) mass is 257 g/mol. The van der Waals surface area contributed by atoms with Crippen molar-refractivity contribution in [1.29, 1.82) is 0 Å². The predicted octanol–water partition coefficient (Wildman–Crippen LogP) is 3.68. The molecule has 3 aromatic rings. The van der Waals surface area contributed by atoms with E-state index >= 15 is 0 Å². The first-order valence-electron chi connectivity index (χ1n) is 5.49. The minimum absolute atomic E-state index is 0.299. The molecule has 1 aromatic carbocycles. The highest BCUT2D eigenvalue weighted by molar-refractivity contribution is 7.22. The maximum Gasteiger partial charge on any atom is 0.143 e. The van der Waals surface area contributed by atoms with Crippen molar-refractivity contribution in [2.75, 3.05) is 7.11 Å². The van der Waals surface area contributed by atoms with Gasteiger partial charge in [0.15, 0.2) is 0 Å². The van der Waals surface area contributed by atoms with E-state index in [9.17, 15) is 5.11 Å². The molecule has 0 aliphatic rings. The van der Waals surface area contributed by atoms with Crippen LogP contribution in [0.1, 0.15) is 0 Å². The highest BCUT2D eigenvalue weighted by atomic mass is 32.1. The zero-order valence-electron chi connectivity index (χ0n) is 9.75. The first-order chi connectivity index (χ1) is 8.79. The fourth-order valence-electron chi connectivity index (χ4n) is 1.87. The molecule has 0 bridgehead atoms. The van der Waals surface area contributed by atoms with Crippen molar-refractivity contribution >= 4 is 21.4 Å². The molecule has 1 N–H and O–H groups in total. The lowest BCUT2D eigenvalue weighted by molar-refractivity contribution is 0.415. The van der Waals surface area contributed by atoms with Gasteiger partial charge in [0.1, 0.15) is 11.5 Å². The van der Waals surface area contributed by atoms with Gasteiger partial charge in [0.05, 0.1) is 17.4 Å². The molecule has 0 amide bonds. The van der Waals surface area contributed by atoms with Crippen molar-refractivity contribution < 1.29 is 9.84 Å². The van der Waals surface area contributed by atoms with Crippen LogP contribution in [0.2, 0.25) is 0 Å². The van der Waals surface area contributed by atoms with Gasteiger partial charge in [-0.15, -0.1) is 11.3 Å². The number of fused-ring (bicyclic) bond motifs is 1. The van der Waals surface area contributed by atoms with Gasteiger partial charge in [0.25, 0.3) is 0 Å². The molecule has 0 aliphatic heterocycles. The minimum Gasteiger partial charge on any atom is -0.506 e. The van der Waals surface area contributed by atoms with E-state index in [1.165, 1.54) is 0 Å². The van der Waals surface area contributed by atoms with Crippen LogP contribution in [0.5, 0.6) is 11.5 Å². The number of rotatable bonds is 2. The number of ether oxygens (including phenoxy) is 1. The number of benzene rings is 1. The zero-order chi connectivity index (χ0) is 12.5. The van der Waals surface area contributed by atoms with Gasteiger partial charge in [0.2, 0.25) is 0 Å². The van der Waals surface area contributed by atoms with Crippen LogP contribution in [0.15, 0.2) is 42.7 Å². The Labute approximate surface area is 108 Å². The molecule has 0 fully saturated rings. The van der Waals surface area contributed by atoms with Gasteiger partial charge in [0, 0.05) is 17.1 Å². The Balaban J connectivity index is 2.15. The van der Waals surface area contributed by atoms with Gasteiger partial charge in [-0.3, -0.25) is 4.98 Å². The Bertz CT molecular complexity index is 689. The molecule has 0 unspecified atom stereocenters. The normalized spacial score (nSPS) is 10.7. The number of nitrogens with zero attached hydrogens (tertiary/aromatic N) is 1. The van der Waals surface area contributed by atoms with Crippen LogP contribution >= 0.6 is 11.3 Å². The lowest BCUT2D eigenvalue weighted by Gasteiger charge is -2.01. The average Bonchev–Trinajstić information content (AvgIpc) is 2.77. The molecule has 3 rings (SSSR count). The maximum atomic E-state index is 10.2. The fourth-order valence-corrected chi connectivity index (χ4v) is 2.94. The number of pyridine rings is 1. The van der Waals surface area contributed by atoms with E-state index in [4.69, 9.17) is 4.74 Å². The molecule has 90 valence electrons. The van der Waals surface area contributed by atoms with E-state index < -0.39 is 0 Å². The number of hydrogen-bond acceptors (Lipinski definition) is 4. The van der Waals surface area contributed by atoms with Crippen LogP contribution in [-0.2, 0) is 0 Å². The maximum absolute atomic E-state index is 10.2. The van der Waals surface area contributed by atoms with Gasteiger partial charge >= 0.3 is 0 Å². The summed E-state index contributed by atoms with van der Waals surface area (Å²) < 4.78 is 6.16. The summed E-state index contributed by atoms with van der Waals surface area (Å²) in [5, 5.41) is 11.0. The van der Waals surface area contributed by atoms with Gasteiger partial charge in [-0.2, -0.15) is 0 Å². The summed E-state index contributed by atoms with van der Waals surface area (Å²) in [5.74, 6) is 1.11. The number of aromatic hydroxyl groups is 1. The third kappa shape index (κ3) is 1.71. The summed E-state index contributed by atoms with van der Waals surface area (Å²) in [4.78, 5) is 4.90. The van der Waals surface area contributed by atoms with E-state index in [0.717, 1.165) is 26.3 Å². The summed E-state index contributed by atoms with van der Waals surface area (Å²) in [6.45, 7) is 0. The second-order valence-electron chi connectivity index (χ2n) is 3.88. The van der Waals surface area contributed by atoms with E-state index in [-0.39, 0.29) is 0 Å². The van der Waals surface area contributed by atoms with Crippen molar-refractivity contribution in [3.05, 3.63) is 42.7 Å². The highest BCUT2D eigenvalue weighted by Gasteiger charge is 2.12. The molecular weight excluding hydrogens is 246 g/mol. The second kappa shape index (κ2) is 4.31. The van der Waals surface area contributed by atoms with Crippen LogP contribution in [0.25, 0.3) is 20.5 Å². The number of thiophene rings is 1. The molecule has 0 atom stereocenters. The van der Waals surface area contributed by atoms with Crippen LogP contribution in [0.3, 0.4) is 0 Å². The van der Waals surface area contributed by atoms with Crippen molar-refractivity contribution in [3.8, 4) is 21.9 Å². The molecule has 0 saturated carbocycles. The average molecular weight is 257 g/mol. The molecule has 0 saturated heterocycles. The van der Waals surface area contributed by atoms with Crippen LogP contribution in [-0.4, -0.2) is 17.2 Å². The highest BCUT2D eigenvalue weighted by Crippen LogP contribution is 2.43. The lowest BCUT2D eigenvalue weighted by atomic mass is 10.1. The Hall–Kier alpha value is -2.07.